The highest BCUT2D eigenvalue weighted by molar-refractivity contribution is 9.10. The van der Waals surface area contributed by atoms with Crippen molar-refractivity contribution in [3.63, 3.8) is 0 Å². The molecule has 0 aromatic heterocycles. The number of ether oxygens (including phenoxy) is 2. The van der Waals surface area contributed by atoms with E-state index in [1.54, 1.807) is 79.9 Å². The smallest absolute Gasteiger partial charge is 0.335 e. The number of hydrogen-bond donors (Lipinski definition) is 2. The van der Waals surface area contributed by atoms with Crippen LogP contribution in [0.3, 0.4) is 0 Å². The topological polar surface area (TPSA) is 114 Å². The third-order valence-corrected chi connectivity index (χ3v) is 5.65. The van der Waals surface area contributed by atoms with Crippen molar-refractivity contribution in [3.8, 4) is 11.5 Å². The van der Waals surface area contributed by atoms with Crippen LogP contribution in [0.1, 0.15) is 5.56 Å². The summed E-state index contributed by atoms with van der Waals surface area (Å²) >= 11 is 3.30. The van der Waals surface area contributed by atoms with Crippen molar-refractivity contribution in [1.29, 1.82) is 0 Å². The predicted molar refractivity (Wildman–Crippen MR) is 137 cm³/mol. The van der Waals surface area contributed by atoms with Gasteiger partial charge in [0.1, 0.15) is 17.1 Å². The van der Waals surface area contributed by atoms with E-state index in [4.69, 9.17) is 9.47 Å². The van der Waals surface area contributed by atoms with Gasteiger partial charge in [0.15, 0.2) is 6.61 Å². The fourth-order valence-electron chi connectivity index (χ4n) is 3.33. The molecule has 4 rings (SSSR count). The van der Waals surface area contributed by atoms with Gasteiger partial charge in [-0.15, -0.1) is 0 Å². The van der Waals surface area contributed by atoms with Crippen LogP contribution in [-0.4, -0.2) is 37.5 Å². The van der Waals surface area contributed by atoms with Crippen LogP contribution in [0.4, 0.5) is 16.2 Å². The maximum Gasteiger partial charge on any atom is 0.335 e. The molecular weight excluding hydrogens is 530 g/mol. The molecule has 5 amide bonds. The number of benzene rings is 3. The Morgan fingerprint density at radius 1 is 0.944 bits per heavy atom. The van der Waals surface area contributed by atoms with Crippen LogP contribution >= 0.6 is 15.9 Å². The molecule has 3 aromatic carbocycles. The summed E-state index contributed by atoms with van der Waals surface area (Å²) in [6.07, 6.45) is 1.39. The first-order chi connectivity index (χ1) is 17.3. The van der Waals surface area contributed by atoms with E-state index in [1.165, 1.54) is 6.08 Å². The molecule has 0 saturated carbocycles. The molecule has 0 radical (unpaired) electrons. The van der Waals surface area contributed by atoms with Crippen LogP contribution in [0, 0.1) is 0 Å². The molecule has 2 N–H and O–H groups in total. The second-order valence-corrected chi connectivity index (χ2v) is 8.48. The quantitative estimate of drug-likeness (QED) is 0.338. The number of hydrogen-bond acceptors (Lipinski definition) is 6. The Balaban J connectivity index is 1.40. The summed E-state index contributed by atoms with van der Waals surface area (Å²) in [4.78, 5) is 50.6. The molecule has 9 nitrogen and oxygen atoms in total. The van der Waals surface area contributed by atoms with Crippen molar-refractivity contribution in [1.82, 2.24) is 5.32 Å². The normalized spacial score (nSPS) is 14.4. The summed E-state index contributed by atoms with van der Waals surface area (Å²) in [5.41, 5.74) is 1.28. The Labute approximate surface area is 214 Å². The van der Waals surface area contributed by atoms with Gasteiger partial charge in [0.25, 0.3) is 17.7 Å². The third kappa shape index (κ3) is 5.78. The number of methoxy groups -OCH3 is 1. The van der Waals surface area contributed by atoms with Crippen LogP contribution < -0.4 is 25.0 Å². The number of anilines is 2. The number of halogens is 1. The van der Waals surface area contributed by atoms with Gasteiger partial charge in [-0.25, -0.2) is 9.69 Å². The van der Waals surface area contributed by atoms with Crippen LogP contribution in [0.15, 0.2) is 82.8 Å². The van der Waals surface area contributed by atoms with E-state index in [0.29, 0.717) is 28.4 Å². The second-order valence-electron chi connectivity index (χ2n) is 7.57. The Kier molecular flexibility index (Phi) is 7.45. The van der Waals surface area contributed by atoms with E-state index in [2.05, 4.69) is 26.6 Å². The molecule has 10 heteroatoms. The van der Waals surface area contributed by atoms with Gasteiger partial charge in [-0.2, -0.15) is 0 Å². The number of nitrogens with one attached hydrogen (secondary N) is 2. The van der Waals surface area contributed by atoms with Gasteiger partial charge < -0.3 is 14.8 Å². The zero-order valence-corrected chi connectivity index (χ0v) is 20.6. The minimum atomic E-state index is -0.818. The van der Waals surface area contributed by atoms with E-state index in [9.17, 15) is 19.2 Å². The molecule has 0 atom stereocenters. The van der Waals surface area contributed by atoms with Crippen LogP contribution in [0.5, 0.6) is 11.5 Å². The summed E-state index contributed by atoms with van der Waals surface area (Å²) in [7, 11) is 1.56. The monoisotopic (exact) mass is 549 g/mol. The predicted octanol–water partition coefficient (Wildman–Crippen LogP) is 4.14. The maximum atomic E-state index is 13.0. The summed E-state index contributed by atoms with van der Waals surface area (Å²) in [6, 6.07) is 19.1. The molecule has 1 saturated heterocycles. The highest BCUT2D eigenvalue weighted by Crippen LogP contribution is 2.24. The summed E-state index contributed by atoms with van der Waals surface area (Å²) in [6.45, 7) is -0.211. The Bertz CT molecular complexity index is 1340. The first-order valence-electron chi connectivity index (χ1n) is 10.7. The molecule has 0 bridgehead atoms. The SMILES string of the molecule is COc1ccc(NC(=O)COc2ccc(/C=C3\C(=O)NC(=O)N(c4ccc(Br)cc4)C3=O)cc2)cc1. The minimum absolute atomic E-state index is 0.190. The first kappa shape index (κ1) is 24.7. The fourth-order valence-corrected chi connectivity index (χ4v) is 3.59. The van der Waals surface area contributed by atoms with Gasteiger partial charge in [0, 0.05) is 10.2 Å². The largest absolute Gasteiger partial charge is 0.497 e. The molecular formula is C26H20BrN3O6. The molecule has 3 aromatic rings. The molecule has 182 valence electrons. The number of carbonyl (C=O) groups excluding carboxylic acids is 4. The van der Waals surface area contributed by atoms with Gasteiger partial charge in [-0.1, -0.05) is 28.1 Å². The highest BCUT2D eigenvalue weighted by atomic mass is 79.9. The summed E-state index contributed by atoms with van der Waals surface area (Å²) in [5, 5.41) is 4.90. The molecule has 1 aliphatic heterocycles. The van der Waals surface area contributed by atoms with Crippen molar-refractivity contribution in [3.05, 3.63) is 88.4 Å². The van der Waals surface area contributed by atoms with Gasteiger partial charge in [0.2, 0.25) is 0 Å². The van der Waals surface area contributed by atoms with Gasteiger partial charge in [-0.3, -0.25) is 19.7 Å². The van der Waals surface area contributed by atoms with Gasteiger partial charge in [0.05, 0.1) is 12.8 Å². The lowest BCUT2D eigenvalue weighted by molar-refractivity contribution is -0.122. The number of barbiturate groups is 1. The van der Waals surface area contributed by atoms with Crippen molar-refractivity contribution >= 4 is 57.1 Å². The average molecular weight is 550 g/mol. The standard InChI is InChI=1S/C26H20BrN3O6/c1-35-20-12-6-18(7-13-20)28-23(31)15-36-21-10-2-16(3-11-21)14-22-24(32)29-26(34)30(25(22)33)19-8-4-17(27)5-9-19/h2-14H,15H2,1H3,(H,28,31)(H,29,32,34)/b22-14+. The zero-order chi connectivity index (χ0) is 25.7. The molecule has 36 heavy (non-hydrogen) atoms. The second kappa shape index (κ2) is 10.9. The zero-order valence-electron chi connectivity index (χ0n) is 19.0. The highest BCUT2D eigenvalue weighted by Gasteiger charge is 2.36. The third-order valence-electron chi connectivity index (χ3n) is 5.12. The molecule has 0 spiro atoms. The first-order valence-corrected chi connectivity index (χ1v) is 11.5. The summed E-state index contributed by atoms with van der Waals surface area (Å²) < 4.78 is 11.4. The number of amides is 5. The van der Waals surface area contributed by atoms with Gasteiger partial charge in [-0.05, 0) is 72.3 Å². The lowest BCUT2D eigenvalue weighted by Gasteiger charge is -2.26. The molecule has 1 heterocycles. The van der Waals surface area contributed by atoms with Crippen molar-refractivity contribution in [2.45, 2.75) is 0 Å². The van der Waals surface area contributed by atoms with Crippen LogP contribution in [0.2, 0.25) is 0 Å². The Morgan fingerprint density at radius 3 is 2.22 bits per heavy atom. The lowest BCUT2D eigenvalue weighted by atomic mass is 10.1. The van der Waals surface area contributed by atoms with E-state index in [0.717, 1.165) is 9.37 Å². The Hall–Kier alpha value is -4.44. The molecule has 0 unspecified atom stereocenters. The minimum Gasteiger partial charge on any atom is -0.497 e. The number of imide groups is 2. The van der Waals surface area contributed by atoms with E-state index < -0.39 is 17.8 Å². The van der Waals surface area contributed by atoms with E-state index in [-0.39, 0.29) is 18.1 Å². The van der Waals surface area contributed by atoms with Crippen molar-refractivity contribution in [2.24, 2.45) is 0 Å². The Morgan fingerprint density at radius 2 is 1.58 bits per heavy atom. The maximum absolute atomic E-state index is 13.0. The number of rotatable bonds is 7. The van der Waals surface area contributed by atoms with Crippen LogP contribution in [-0.2, 0) is 14.4 Å². The average Bonchev–Trinajstić information content (AvgIpc) is 2.87. The molecule has 0 aliphatic carbocycles. The van der Waals surface area contributed by atoms with Crippen LogP contribution in [0.25, 0.3) is 6.08 Å². The van der Waals surface area contributed by atoms with E-state index >= 15 is 0 Å². The number of urea groups is 1. The number of carbonyl (C=O) groups is 4. The van der Waals surface area contributed by atoms with Gasteiger partial charge >= 0.3 is 6.03 Å². The van der Waals surface area contributed by atoms with Crippen molar-refractivity contribution < 1.29 is 28.7 Å². The van der Waals surface area contributed by atoms with E-state index in [1.807, 2.05) is 0 Å². The lowest BCUT2D eigenvalue weighted by Crippen LogP contribution is -2.54. The summed E-state index contributed by atoms with van der Waals surface area (Å²) in [5.74, 6) is -0.753. The molecule has 1 fully saturated rings. The number of nitrogens with zero attached hydrogens (tertiary/aromatic N) is 1. The van der Waals surface area contributed by atoms with Crippen molar-refractivity contribution in [2.75, 3.05) is 23.9 Å². The fraction of sp³-hybridized carbons (Fsp3) is 0.0769. The molecule has 1 aliphatic rings.